The second kappa shape index (κ2) is 5.65. The van der Waals surface area contributed by atoms with Gasteiger partial charge < -0.3 is 9.64 Å². The first-order chi connectivity index (χ1) is 10.2. The molecule has 2 heterocycles. The highest BCUT2D eigenvalue weighted by atomic mass is 19.1. The highest BCUT2D eigenvalue weighted by molar-refractivity contribution is 5.94. The van der Waals surface area contributed by atoms with Crippen LogP contribution in [0.15, 0.2) is 30.5 Å². The molecule has 3 rings (SSSR count). The molecule has 1 aliphatic rings. The van der Waals surface area contributed by atoms with Gasteiger partial charge in [0.15, 0.2) is 0 Å². The molecular formula is C15H16FN3O2. The van der Waals surface area contributed by atoms with E-state index in [2.05, 4.69) is 10.2 Å². The van der Waals surface area contributed by atoms with E-state index in [1.165, 1.54) is 12.1 Å². The molecule has 0 unspecified atom stereocenters. The first kappa shape index (κ1) is 13.8. The molecule has 0 radical (unpaired) electrons. The van der Waals surface area contributed by atoms with Crippen LogP contribution in [-0.4, -0.2) is 40.8 Å². The number of morpholine rings is 1. The number of nitrogens with one attached hydrogen (secondary N) is 1. The van der Waals surface area contributed by atoms with Crippen LogP contribution in [0.3, 0.4) is 0 Å². The van der Waals surface area contributed by atoms with Gasteiger partial charge in [-0.3, -0.25) is 9.89 Å². The molecule has 1 aliphatic heterocycles. The molecule has 1 amide bonds. The van der Waals surface area contributed by atoms with E-state index in [9.17, 15) is 9.18 Å². The minimum atomic E-state index is -0.505. The fourth-order valence-electron chi connectivity index (χ4n) is 2.57. The Hall–Kier alpha value is -2.21. The Morgan fingerprint density at radius 2 is 2.29 bits per heavy atom. The van der Waals surface area contributed by atoms with E-state index in [0.29, 0.717) is 19.8 Å². The van der Waals surface area contributed by atoms with Crippen molar-refractivity contribution in [1.82, 2.24) is 15.1 Å². The summed E-state index contributed by atoms with van der Waals surface area (Å²) in [7, 11) is 0. The van der Waals surface area contributed by atoms with Crippen LogP contribution in [0.4, 0.5) is 4.39 Å². The highest BCUT2D eigenvalue weighted by Crippen LogP contribution is 2.27. The second-order valence-electron chi connectivity index (χ2n) is 5.04. The molecule has 0 bridgehead atoms. The van der Waals surface area contributed by atoms with Gasteiger partial charge in [0, 0.05) is 6.54 Å². The van der Waals surface area contributed by atoms with E-state index < -0.39 is 5.82 Å². The number of hydrogen-bond acceptors (Lipinski definition) is 3. The lowest BCUT2D eigenvalue weighted by molar-refractivity contribution is -0.00430. The monoisotopic (exact) mass is 289 g/mol. The smallest absolute Gasteiger partial charge is 0.257 e. The van der Waals surface area contributed by atoms with Crippen LogP contribution >= 0.6 is 0 Å². The summed E-state index contributed by atoms with van der Waals surface area (Å²) in [4.78, 5) is 14.3. The number of aromatic nitrogens is 2. The van der Waals surface area contributed by atoms with Crippen LogP contribution < -0.4 is 0 Å². The molecule has 1 atom stereocenters. The van der Waals surface area contributed by atoms with Gasteiger partial charge in [0.25, 0.3) is 5.91 Å². The molecule has 1 saturated heterocycles. The minimum absolute atomic E-state index is 0.0848. The first-order valence-electron chi connectivity index (χ1n) is 6.81. The maximum Gasteiger partial charge on any atom is 0.257 e. The molecular weight excluding hydrogens is 273 g/mol. The number of hydrogen-bond donors (Lipinski definition) is 1. The summed E-state index contributed by atoms with van der Waals surface area (Å²) in [6, 6.07) is 5.76. The van der Waals surface area contributed by atoms with E-state index in [1.807, 2.05) is 6.92 Å². The zero-order chi connectivity index (χ0) is 14.8. The number of benzene rings is 1. The molecule has 1 fully saturated rings. The predicted octanol–water partition coefficient (Wildman–Crippen LogP) is 2.07. The van der Waals surface area contributed by atoms with Crippen molar-refractivity contribution in [1.29, 1.82) is 0 Å². The Labute approximate surface area is 121 Å². The number of rotatable bonds is 2. The summed E-state index contributed by atoms with van der Waals surface area (Å²) >= 11 is 0. The van der Waals surface area contributed by atoms with Gasteiger partial charge in [0.05, 0.1) is 36.7 Å². The van der Waals surface area contributed by atoms with Gasteiger partial charge in [-0.25, -0.2) is 4.39 Å². The van der Waals surface area contributed by atoms with E-state index in [1.54, 1.807) is 23.2 Å². The van der Waals surface area contributed by atoms with Crippen molar-refractivity contribution < 1.29 is 13.9 Å². The van der Waals surface area contributed by atoms with Crippen molar-refractivity contribution in [2.24, 2.45) is 0 Å². The Bertz CT molecular complexity index is 656. The molecule has 5 nitrogen and oxygen atoms in total. The minimum Gasteiger partial charge on any atom is -0.377 e. The summed E-state index contributed by atoms with van der Waals surface area (Å²) in [5, 5.41) is 6.90. The van der Waals surface area contributed by atoms with Crippen LogP contribution in [0.1, 0.15) is 27.7 Å². The molecule has 0 aliphatic carbocycles. The lowest BCUT2D eigenvalue weighted by Crippen LogP contribution is -2.44. The third-order valence-corrected chi connectivity index (χ3v) is 3.69. The molecule has 1 aromatic carbocycles. The van der Waals surface area contributed by atoms with Crippen LogP contribution in [0.2, 0.25) is 0 Å². The molecule has 110 valence electrons. The van der Waals surface area contributed by atoms with Gasteiger partial charge in [0.2, 0.25) is 0 Å². The summed E-state index contributed by atoms with van der Waals surface area (Å²) in [5.41, 5.74) is 1.87. The number of aryl methyl sites for hydroxylation is 1. The highest BCUT2D eigenvalue weighted by Gasteiger charge is 2.32. The van der Waals surface area contributed by atoms with Crippen molar-refractivity contribution >= 4 is 5.91 Å². The van der Waals surface area contributed by atoms with Crippen LogP contribution in [0, 0.1) is 12.7 Å². The Morgan fingerprint density at radius 3 is 3.00 bits per heavy atom. The lowest BCUT2D eigenvalue weighted by atomic mass is 10.1. The van der Waals surface area contributed by atoms with Gasteiger partial charge >= 0.3 is 0 Å². The van der Waals surface area contributed by atoms with Gasteiger partial charge in [-0.05, 0) is 24.6 Å². The average molecular weight is 289 g/mol. The molecule has 0 saturated carbocycles. The SMILES string of the molecule is Cc1cn[nH]c1[C@H]1COCCN1C(=O)c1ccccc1F. The molecule has 2 aromatic rings. The van der Waals surface area contributed by atoms with E-state index >= 15 is 0 Å². The van der Waals surface area contributed by atoms with Gasteiger partial charge in [0.1, 0.15) is 5.82 Å². The summed E-state index contributed by atoms with van der Waals surface area (Å²) < 4.78 is 19.3. The number of halogens is 1. The number of ether oxygens (including phenoxy) is 1. The van der Waals surface area contributed by atoms with Crippen molar-refractivity contribution in [2.45, 2.75) is 13.0 Å². The Kier molecular flexibility index (Phi) is 3.70. The average Bonchev–Trinajstić information content (AvgIpc) is 2.93. The third kappa shape index (κ3) is 2.54. The van der Waals surface area contributed by atoms with Crippen LogP contribution in [-0.2, 0) is 4.74 Å². The maximum atomic E-state index is 13.8. The quantitative estimate of drug-likeness (QED) is 0.920. The topological polar surface area (TPSA) is 58.2 Å². The number of nitrogens with zero attached hydrogens (tertiary/aromatic N) is 2. The van der Waals surface area contributed by atoms with E-state index in [4.69, 9.17) is 4.74 Å². The van der Waals surface area contributed by atoms with Crippen molar-refractivity contribution in [3.8, 4) is 0 Å². The zero-order valence-corrected chi connectivity index (χ0v) is 11.7. The fourth-order valence-corrected chi connectivity index (χ4v) is 2.57. The summed E-state index contributed by atoms with van der Waals surface area (Å²) in [5.74, 6) is -0.829. The summed E-state index contributed by atoms with van der Waals surface area (Å²) in [6.45, 7) is 3.17. The zero-order valence-electron chi connectivity index (χ0n) is 11.7. The van der Waals surface area contributed by atoms with Gasteiger partial charge in [-0.15, -0.1) is 0 Å². The van der Waals surface area contributed by atoms with Gasteiger partial charge in [-0.1, -0.05) is 12.1 Å². The molecule has 6 heteroatoms. The van der Waals surface area contributed by atoms with Crippen molar-refractivity contribution in [3.05, 3.63) is 53.1 Å². The second-order valence-corrected chi connectivity index (χ2v) is 5.04. The normalized spacial score (nSPS) is 18.8. The number of amides is 1. The van der Waals surface area contributed by atoms with E-state index in [-0.39, 0.29) is 17.5 Å². The predicted molar refractivity (Wildman–Crippen MR) is 74.3 cm³/mol. The molecule has 21 heavy (non-hydrogen) atoms. The Balaban J connectivity index is 1.93. The number of H-pyrrole nitrogens is 1. The van der Waals surface area contributed by atoms with Crippen LogP contribution in [0.25, 0.3) is 0 Å². The third-order valence-electron chi connectivity index (χ3n) is 3.69. The largest absolute Gasteiger partial charge is 0.377 e. The van der Waals surface area contributed by atoms with Gasteiger partial charge in [-0.2, -0.15) is 5.10 Å². The standard InChI is InChI=1S/C15H16FN3O2/c1-10-8-17-18-14(10)13-9-21-7-6-19(13)15(20)11-4-2-3-5-12(11)16/h2-5,8,13H,6-7,9H2,1H3,(H,17,18)/t13-/m1/s1. The number of aromatic amines is 1. The number of carbonyl (C=O) groups excluding carboxylic acids is 1. The molecule has 1 N–H and O–H groups in total. The Morgan fingerprint density at radius 1 is 1.48 bits per heavy atom. The van der Waals surface area contributed by atoms with Crippen LogP contribution in [0.5, 0.6) is 0 Å². The fraction of sp³-hybridized carbons (Fsp3) is 0.333. The lowest BCUT2D eigenvalue weighted by Gasteiger charge is -2.35. The van der Waals surface area contributed by atoms with Crippen molar-refractivity contribution in [3.63, 3.8) is 0 Å². The van der Waals surface area contributed by atoms with Crippen molar-refractivity contribution in [2.75, 3.05) is 19.8 Å². The van der Waals surface area contributed by atoms with E-state index in [0.717, 1.165) is 11.3 Å². The first-order valence-corrected chi connectivity index (χ1v) is 6.81. The molecule has 1 aromatic heterocycles. The molecule has 0 spiro atoms. The summed E-state index contributed by atoms with van der Waals surface area (Å²) in [6.07, 6.45) is 1.70. The number of carbonyl (C=O) groups is 1. The maximum absolute atomic E-state index is 13.8.